The van der Waals surface area contributed by atoms with Crippen molar-refractivity contribution in [2.75, 3.05) is 0 Å². The molecule has 164 valence electrons. The molecular formula is C28H36N2O. The predicted molar refractivity (Wildman–Crippen MR) is 130 cm³/mol. The average Bonchev–Trinajstić information content (AvgIpc) is 3.03. The molecule has 0 aliphatic heterocycles. The molecule has 4 rings (SSSR count). The summed E-state index contributed by atoms with van der Waals surface area (Å²) in [5.74, 6) is 1.32. The number of aromatic nitrogens is 2. The van der Waals surface area contributed by atoms with Crippen LogP contribution in [0.15, 0.2) is 30.3 Å². The monoisotopic (exact) mass is 416 g/mol. The SMILES string of the molecule is Cc1cc(-c2c(C(C)C)c3cc(C4CCC(=O)CC4)ccc3n2C(C)(C)C)cc(C)n1. The quantitative estimate of drug-likeness (QED) is 0.445. The molecule has 0 spiro atoms. The van der Waals surface area contributed by atoms with Crippen molar-refractivity contribution < 1.29 is 4.79 Å². The van der Waals surface area contributed by atoms with Crippen LogP contribution in [0.25, 0.3) is 22.2 Å². The fourth-order valence-corrected chi connectivity index (χ4v) is 5.40. The molecule has 0 N–H and O–H groups in total. The Balaban J connectivity index is 2.01. The van der Waals surface area contributed by atoms with E-state index in [4.69, 9.17) is 0 Å². The smallest absolute Gasteiger partial charge is 0.132 e. The van der Waals surface area contributed by atoms with Crippen LogP contribution < -0.4 is 0 Å². The molecule has 2 heterocycles. The molecule has 0 atom stereocenters. The van der Waals surface area contributed by atoms with Gasteiger partial charge in [-0.05, 0) is 94.7 Å². The highest BCUT2D eigenvalue weighted by Gasteiger charge is 2.28. The fourth-order valence-electron chi connectivity index (χ4n) is 5.40. The molecule has 1 fully saturated rings. The number of nitrogens with zero attached hydrogens (tertiary/aromatic N) is 2. The molecule has 31 heavy (non-hydrogen) atoms. The summed E-state index contributed by atoms with van der Waals surface area (Å²) < 4.78 is 2.53. The molecule has 3 heteroatoms. The van der Waals surface area contributed by atoms with Gasteiger partial charge in [-0.2, -0.15) is 0 Å². The number of carbonyl (C=O) groups is 1. The number of fused-ring (bicyclic) bond motifs is 1. The van der Waals surface area contributed by atoms with Gasteiger partial charge in [-0.3, -0.25) is 9.78 Å². The summed E-state index contributed by atoms with van der Waals surface area (Å²) in [6, 6.07) is 11.5. The zero-order chi connectivity index (χ0) is 22.5. The van der Waals surface area contributed by atoms with Crippen molar-refractivity contribution in [2.45, 2.75) is 91.5 Å². The highest BCUT2D eigenvalue weighted by molar-refractivity contribution is 5.93. The highest BCUT2D eigenvalue weighted by atomic mass is 16.1. The van der Waals surface area contributed by atoms with Gasteiger partial charge in [-0.15, -0.1) is 0 Å². The van der Waals surface area contributed by atoms with Crippen LogP contribution in [0, 0.1) is 13.8 Å². The van der Waals surface area contributed by atoms with Gasteiger partial charge < -0.3 is 4.57 Å². The molecule has 3 nitrogen and oxygen atoms in total. The van der Waals surface area contributed by atoms with Crippen LogP contribution in [-0.2, 0) is 10.3 Å². The van der Waals surface area contributed by atoms with Crippen molar-refractivity contribution in [3.63, 3.8) is 0 Å². The number of hydrogen-bond acceptors (Lipinski definition) is 2. The second-order valence-corrected chi connectivity index (χ2v) is 10.7. The Morgan fingerprint density at radius 3 is 2.16 bits per heavy atom. The van der Waals surface area contributed by atoms with E-state index in [-0.39, 0.29) is 5.54 Å². The van der Waals surface area contributed by atoms with Crippen molar-refractivity contribution in [3.8, 4) is 11.3 Å². The molecule has 0 radical (unpaired) electrons. The maximum atomic E-state index is 11.8. The summed E-state index contributed by atoms with van der Waals surface area (Å²) in [5, 5.41) is 1.36. The van der Waals surface area contributed by atoms with E-state index in [2.05, 4.69) is 88.3 Å². The normalized spacial score (nSPS) is 15.9. The predicted octanol–water partition coefficient (Wildman–Crippen LogP) is 7.43. The number of ketones is 1. The Morgan fingerprint density at radius 2 is 1.61 bits per heavy atom. The number of rotatable bonds is 3. The number of pyridine rings is 1. The van der Waals surface area contributed by atoms with Crippen LogP contribution in [0.5, 0.6) is 0 Å². The van der Waals surface area contributed by atoms with Gasteiger partial charge in [0, 0.05) is 46.2 Å². The van der Waals surface area contributed by atoms with E-state index in [1.807, 2.05) is 0 Å². The summed E-state index contributed by atoms with van der Waals surface area (Å²) in [7, 11) is 0. The van der Waals surface area contributed by atoms with Crippen LogP contribution in [0.2, 0.25) is 0 Å². The molecule has 0 saturated heterocycles. The molecule has 0 bridgehead atoms. The average molecular weight is 417 g/mol. The largest absolute Gasteiger partial charge is 0.335 e. The number of carbonyl (C=O) groups excluding carboxylic acids is 1. The van der Waals surface area contributed by atoms with Crippen molar-refractivity contribution in [2.24, 2.45) is 0 Å². The first-order valence-corrected chi connectivity index (χ1v) is 11.7. The van der Waals surface area contributed by atoms with Gasteiger partial charge in [0.05, 0.1) is 5.69 Å². The Hall–Kier alpha value is -2.42. The Labute approximate surface area is 186 Å². The molecule has 1 saturated carbocycles. The van der Waals surface area contributed by atoms with E-state index in [0.29, 0.717) is 17.6 Å². The summed E-state index contributed by atoms with van der Waals surface area (Å²) in [5.41, 5.74) is 8.75. The molecule has 2 aromatic heterocycles. The number of aryl methyl sites for hydroxylation is 2. The van der Waals surface area contributed by atoms with E-state index >= 15 is 0 Å². The maximum Gasteiger partial charge on any atom is 0.132 e. The van der Waals surface area contributed by atoms with E-state index < -0.39 is 0 Å². The summed E-state index contributed by atoms with van der Waals surface area (Å²) >= 11 is 0. The lowest BCUT2D eigenvalue weighted by molar-refractivity contribution is -0.120. The lowest BCUT2D eigenvalue weighted by atomic mass is 9.82. The summed E-state index contributed by atoms with van der Waals surface area (Å²) in [4.78, 5) is 16.4. The summed E-state index contributed by atoms with van der Waals surface area (Å²) in [6.45, 7) is 15.7. The maximum absolute atomic E-state index is 11.8. The van der Waals surface area contributed by atoms with Crippen molar-refractivity contribution in [3.05, 3.63) is 52.8 Å². The first kappa shape index (κ1) is 21.8. The second kappa shape index (κ2) is 7.93. The van der Waals surface area contributed by atoms with Crippen LogP contribution >= 0.6 is 0 Å². The third kappa shape index (κ3) is 4.07. The Morgan fingerprint density at radius 1 is 1.00 bits per heavy atom. The molecule has 1 aliphatic carbocycles. The van der Waals surface area contributed by atoms with Crippen LogP contribution in [0.1, 0.15) is 94.7 Å². The highest BCUT2D eigenvalue weighted by Crippen LogP contribution is 2.43. The van der Waals surface area contributed by atoms with Gasteiger partial charge in [0.25, 0.3) is 0 Å². The van der Waals surface area contributed by atoms with E-state index in [1.165, 1.54) is 33.3 Å². The van der Waals surface area contributed by atoms with Crippen LogP contribution in [0.3, 0.4) is 0 Å². The van der Waals surface area contributed by atoms with Gasteiger partial charge in [0.15, 0.2) is 0 Å². The zero-order valence-electron chi connectivity index (χ0n) is 20.2. The lowest BCUT2D eigenvalue weighted by Gasteiger charge is -2.27. The van der Waals surface area contributed by atoms with Gasteiger partial charge in [0.1, 0.15) is 5.78 Å². The lowest BCUT2D eigenvalue weighted by Crippen LogP contribution is -2.23. The molecule has 0 unspecified atom stereocenters. The minimum Gasteiger partial charge on any atom is -0.335 e. The van der Waals surface area contributed by atoms with Gasteiger partial charge >= 0.3 is 0 Å². The fraction of sp³-hybridized carbons (Fsp3) is 0.500. The van der Waals surface area contributed by atoms with Gasteiger partial charge in [-0.1, -0.05) is 19.9 Å². The molecule has 0 amide bonds. The van der Waals surface area contributed by atoms with E-state index in [0.717, 1.165) is 37.1 Å². The molecular weight excluding hydrogens is 380 g/mol. The van der Waals surface area contributed by atoms with Gasteiger partial charge in [0.2, 0.25) is 0 Å². The zero-order valence-corrected chi connectivity index (χ0v) is 20.2. The number of Topliss-reactive ketones (excluding diaryl/α,β-unsaturated/α-hetero) is 1. The van der Waals surface area contributed by atoms with E-state index in [1.54, 1.807) is 0 Å². The molecule has 1 aliphatic rings. The van der Waals surface area contributed by atoms with Gasteiger partial charge in [-0.25, -0.2) is 0 Å². The summed E-state index contributed by atoms with van der Waals surface area (Å²) in [6.07, 6.45) is 3.42. The Kier molecular flexibility index (Phi) is 5.57. The molecule has 1 aromatic carbocycles. The second-order valence-electron chi connectivity index (χ2n) is 10.7. The van der Waals surface area contributed by atoms with Crippen LogP contribution in [0.4, 0.5) is 0 Å². The number of hydrogen-bond donors (Lipinski definition) is 0. The minimum absolute atomic E-state index is 0.0510. The Bertz CT molecular complexity index is 1110. The third-order valence-electron chi connectivity index (χ3n) is 6.65. The minimum atomic E-state index is -0.0510. The standard InChI is InChI=1S/C28H36N2O/c1-17(2)26-24-16-21(20-8-11-23(31)12-9-20)10-13-25(24)30(28(5,6)7)27(26)22-14-18(3)29-19(4)15-22/h10,13-17,20H,8-9,11-12H2,1-7H3. The molecule has 3 aromatic rings. The topological polar surface area (TPSA) is 34.9 Å². The third-order valence-corrected chi connectivity index (χ3v) is 6.65. The van der Waals surface area contributed by atoms with Crippen LogP contribution in [-0.4, -0.2) is 15.3 Å². The first-order chi connectivity index (χ1) is 14.6. The van der Waals surface area contributed by atoms with E-state index in [9.17, 15) is 4.79 Å². The van der Waals surface area contributed by atoms with Crippen molar-refractivity contribution in [1.29, 1.82) is 0 Å². The van der Waals surface area contributed by atoms with Crippen molar-refractivity contribution in [1.82, 2.24) is 9.55 Å². The number of benzene rings is 1. The van der Waals surface area contributed by atoms with Crippen molar-refractivity contribution >= 4 is 16.7 Å². The first-order valence-electron chi connectivity index (χ1n) is 11.7.